The zero-order valence-electron chi connectivity index (χ0n) is 13.8. The van der Waals surface area contributed by atoms with Gasteiger partial charge in [0.25, 0.3) is 0 Å². The molecule has 1 saturated heterocycles. The SMILES string of the molecule is CC(=O)N1CCCCC1c1cccnc1N(C)c1ccccc1. The lowest BCUT2D eigenvalue weighted by atomic mass is 9.95. The molecule has 1 fully saturated rings. The van der Waals surface area contributed by atoms with Crippen molar-refractivity contribution >= 4 is 17.4 Å². The summed E-state index contributed by atoms with van der Waals surface area (Å²) >= 11 is 0. The Hall–Kier alpha value is -2.36. The van der Waals surface area contributed by atoms with Crippen LogP contribution in [0.3, 0.4) is 0 Å². The number of anilines is 2. The molecule has 2 heterocycles. The number of pyridine rings is 1. The second-order valence-corrected chi connectivity index (χ2v) is 6.03. The zero-order chi connectivity index (χ0) is 16.2. The van der Waals surface area contributed by atoms with Crippen molar-refractivity contribution in [2.75, 3.05) is 18.5 Å². The summed E-state index contributed by atoms with van der Waals surface area (Å²) in [6.07, 6.45) is 5.05. The molecule has 0 spiro atoms. The van der Waals surface area contributed by atoms with Gasteiger partial charge in [0, 0.05) is 38.0 Å². The Morgan fingerprint density at radius 3 is 2.70 bits per heavy atom. The van der Waals surface area contributed by atoms with Gasteiger partial charge >= 0.3 is 0 Å². The van der Waals surface area contributed by atoms with E-state index in [4.69, 9.17) is 0 Å². The number of likely N-dealkylation sites (tertiary alicyclic amines) is 1. The highest BCUT2D eigenvalue weighted by Gasteiger charge is 2.29. The molecule has 120 valence electrons. The van der Waals surface area contributed by atoms with Gasteiger partial charge in [-0.25, -0.2) is 4.98 Å². The van der Waals surface area contributed by atoms with Crippen molar-refractivity contribution in [1.29, 1.82) is 0 Å². The molecule has 1 unspecified atom stereocenters. The van der Waals surface area contributed by atoms with Gasteiger partial charge in [0.2, 0.25) is 5.91 Å². The lowest BCUT2D eigenvalue weighted by Gasteiger charge is -2.37. The Labute approximate surface area is 137 Å². The summed E-state index contributed by atoms with van der Waals surface area (Å²) in [6, 6.07) is 14.4. The highest BCUT2D eigenvalue weighted by molar-refractivity contribution is 5.74. The van der Waals surface area contributed by atoms with Crippen LogP contribution in [0.4, 0.5) is 11.5 Å². The number of amides is 1. The average molecular weight is 309 g/mol. The Morgan fingerprint density at radius 2 is 1.96 bits per heavy atom. The molecule has 1 aliphatic heterocycles. The number of nitrogens with zero attached hydrogens (tertiary/aromatic N) is 3. The first-order valence-corrected chi connectivity index (χ1v) is 8.19. The number of carbonyl (C=O) groups is 1. The van der Waals surface area contributed by atoms with Crippen LogP contribution in [0.25, 0.3) is 0 Å². The number of piperidine rings is 1. The van der Waals surface area contributed by atoms with Crippen LogP contribution in [0.5, 0.6) is 0 Å². The van der Waals surface area contributed by atoms with Gasteiger partial charge < -0.3 is 9.80 Å². The minimum absolute atomic E-state index is 0.121. The van der Waals surface area contributed by atoms with Gasteiger partial charge in [-0.05, 0) is 37.5 Å². The molecule has 2 aromatic rings. The van der Waals surface area contributed by atoms with Crippen molar-refractivity contribution in [3.63, 3.8) is 0 Å². The Bertz CT molecular complexity index is 671. The highest BCUT2D eigenvalue weighted by Crippen LogP contribution is 2.36. The van der Waals surface area contributed by atoms with Crippen LogP contribution in [-0.2, 0) is 4.79 Å². The molecule has 0 saturated carbocycles. The van der Waals surface area contributed by atoms with Crippen molar-refractivity contribution in [2.45, 2.75) is 32.2 Å². The van der Waals surface area contributed by atoms with Gasteiger partial charge in [0.15, 0.2) is 0 Å². The predicted octanol–water partition coefficient (Wildman–Crippen LogP) is 3.92. The second kappa shape index (κ2) is 6.82. The number of hydrogen-bond acceptors (Lipinski definition) is 3. The largest absolute Gasteiger partial charge is 0.336 e. The van der Waals surface area contributed by atoms with Crippen LogP contribution >= 0.6 is 0 Å². The minimum Gasteiger partial charge on any atom is -0.336 e. The zero-order valence-corrected chi connectivity index (χ0v) is 13.8. The average Bonchev–Trinajstić information content (AvgIpc) is 2.62. The summed E-state index contributed by atoms with van der Waals surface area (Å²) in [4.78, 5) is 20.7. The van der Waals surface area contributed by atoms with E-state index in [9.17, 15) is 4.79 Å². The van der Waals surface area contributed by atoms with Crippen LogP contribution in [-0.4, -0.2) is 29.4 Å². The first-order chi connectivity index (χ1) is 11.2. The molecule has 1 aliphatic rings. The molecule has 0 radical (unpaired) electrons. The van der Waals surface area contributed by atoms with E-state index in [0.717, 1.165) is 42.9 Å². The smallest absolute Gasteiger partial charge is 0.219 e. The lowest BCUT2D eigenvalue weighted by Crippen LogP contribution is -2.37. The quantitative estimate of drug-likeness (QED) is 0.862. The standard InChI is InChI=1S/C19H23N3O/c1-15(23)22-14-7-6-12-18(22)17-11-8-13-20-19(17)21(2)16-9-4-3-5-10-16/h3-5,8-11,13,18H,6-7,12,14H2,1-2H3. The van der Waals surface area contributed by atoms with Gasteiger partial charge in [0.1, 0.15) is 5.82 Å². The molecule has 3 rings (SSSR count). The van der Waals surface area contributed by atoms with E-state index in [-0.39, 0.29) is 11.9 Å². The number of aromatic nitrogens is 1. The normalized spacial score (nSPS) is 17.8. The molecule has 1 aromatic heterocycles. The molecule has 1 atom stereocenters. The van der Waals surface area contributed by atoms with Crippen molar-refractivity contribution < 1.29 is 4.79 Å². The third-order valence-electron chi connectivity index (χ3n) is 4.54. The molecule has 0 aliphatic carbocycles. The van der Waals surface area contributed by atoms with E-state index >= 15 is 0 Å². The Kier molecular flexibility index (Phi) is 4.60. The minimum atomic E-state index is 0.121. The van der Waals surface area contributed by atoms with E-state index in [1.165, 1.54) is 0 Å². The number of hydrogen-bond donors (Lipinski definition) is 0. The summed E-state index contributed by atoms with van der Waals surface area (Å²) in [5, 5.41) is 0. The maximum atomic E-state index is 12.0. The molecular formula is C19H23N3O. The molecule has 23 heavy (non-hydrogen) atoms. The van der Waals surface area contributed by atoms with Gasteiger partial charge in [-0.1, -0.05) is 24.3 Å². The second-order valence-electron chi connectivity index (χ2n) is 6.03. The van der Waals surface area contributed by atoms with Crippen molar-refractivity contribution in [1.82, 2.24) is 9.88 Å². The number of benzene rings is 1. The van der Waals surface area contributed by atoms with E-state index in [2.05, 4.69) is 28.1 Å². The highest BCUT2D eigenvalue weighted by atomic mass is 16.2. The van der Waals surface area contributed by atoms with Crippen LogP contribution in [0.15, 0.2) is 48.7 Å². The summed E-state index contributed by atoms with van der Waals surface area (Å²) in [7, 11) is 2.03. The molecule has 4 heteroatoms. The van der Waals surface area contributed by atoms with E-state index < -0.39 is 0 Å². The third kappa shape index (κ3) is 3.21. The van der Waals surface area contributed by atoms with Crippen LogP contribution in [0, 0.1) is 0 Å². The fourth-order valence-corrected chi connectivity index (χ4v) is 3.36. The van der Waals surface area contributed by atoms with Crippen molar-refractivity contribution in [2.24, 2.45) is 0 Å². The molecule has 1 amide bonds. The van der Waals surface area contributed by atoms with Gasteiger partial charge in [0.05, 0.1) is 6.04 Å². The topological polar surface area (TPSA) is 36.4 Å². The van der Waals surface area contributed by atoms with Crippen molar-refractivity contribution in [3.05, 3.63) is 54.2 Å². The fourth-order valence-electron chi connectivity index (χ4n) is 3.36. The number of para-hydroxylation sites is 1. The molecular weight excluding hydrogens is 286 g/mol. The first-order valence-electron chi connectivity index (χ1n) is 8.19. The van der Waals surface area contributed by atoms with Gasteiger partial charge in [-0.15, -0.1) is 0 Å². The van der Waals surface area contributed by atoms with E-state index in [1.54, 1.807) is 6.92 Å². The summed E-state index contributed by atoms with van der Waals surface area (Å²) < 4.78 is 0. The molecule has 1 aromatic carbocycles. The summed E-state index contributed by atoms with van der Waals surface area (Å²) in [5.41, 5.74) is 2.23. The first kappa shape index (κ1) is 15.5. The number of carbonyl (C=O) groups excluding carboxylic acids is 1. The molecule has 4 nitrogen and oxygen atoms in total. The van der Waals surface area contributed by atoms with Crippen molar-refractivity contribution in [3.8, 4) is 0 Å². The molecule has 0 bridgehead atoms. The lowest BCUT2D eigenvalue weighted by molar-refractivity contribution is -0.132. The Balaban J connectivity index is 1.99. The predicted molar refractivity (Wildman–Crippen MR) is 92.7 cm³/mol. The van der Waals surface area contributed by atoms with E-state index in [0.29, 0.717) is 0 Å². The van der Waals surface area contributed by atoms with Crippen LogP contribution in [0.1, 0.15) is 37.8 Å². The van der Waals surface area contributed by atoms with Crippen LogP contribution < -0.4 is 4.90 Å². The van der Waals surface area contributed by atoms with Gasteiger partial charge in [-0.3, -0.25) is 4.79 Å². The summed E-state index contributed by atoms with van der Waals surface area (Å²) in [6.45, 7) is 2.50. The monoisotopic (exact) mass is 309 g/mol. The van der Waals surface area contributed by atoms with Gasteiger partial charge in [-0.2, -0.15) is 0 Å². The van der Waals surface area contributed by atoms with Crippen LogP contribution in [0.2, 0.25) is 0 Å². The van der Waals surface area contributed by atoms with E-state index in [1.807, 2.05) is 42.4 Å². The number of rotatable bonds is 3. The Morgan fingerprint density at radius 1 is 1.17 bits per heavy atom. The molecule has 0 N–H and O–H groups in total. The maximum Gasteiger partial charge on any atom is 0.219 e. The fraction of sp³-hybridized carbons (Fsp3) is 0.368. The summed E-state index contributed by atoms with van der Waals surface area (Å²) in [5.74, 6) is 1.07. The maximum absolute atomic E-state index is 12.0. The third-order valence-corrected chi connectivity index (χ3v) is 4.54.